The number of amides is 1. The molecule has 1 amide bonds. The molecule has 0 aromatic heterocycles. The van der Waals surface area contributed by atoms with E-state index >= 15 is 0 Å². The maximum absolute atomic E-state index is 11.7. The molecule has 2 atom stereocenters. The molecule has 0 radical (unpaired) electrons. The highest BCUT2D eigenvalue weighted by atomic mass is 35.5. The molecule has 2 aliphatic carbocycles. The van der Waals surface area contributed by atoms with Crippen LogP contribution in [0.25, 0.3) is 0 Å². The summed E-state index contributed by atoms with van der Waals surface area (Å²) in [5, 5.41) is 7.35. The number of halogens is 1. The maximum Gasteiger partial charge on any atom is 0.407 e. The fraction of sp³-hybridized carbons (Fsp3) is 0.611. The molecule has 2 saturated carbocycles. The van der Waals surface area contributed by atoms with Crippen LogP contribution in [0, 0.1) is 0 Å². The van der Waals surface area contributed by atoms with E-state index in [1.165, 1.54) is 5.56 Å². The summed E-state index contributed by atoms with van der Waals surface area (Å²) in [5.74, 6) is 0.599. The molecule has 0 spiro atoms. The van der Waals surface area contributed by atoms with Crippen molar-refractivity contribution in [2.24, 2.45) is 0 Å². The number of nitrogens with one attached hydrogen (secondary N) is 2. The van der Waals surface area contributed by atoms with Crippen LogP contribution in [0.1, 0.15) is 51.5 Å². The monoisotopic (exact) mass is 336 g/mol. The van der Waals surface area contributed by atoms with Crippen LogP contribution in [0.15, 0.2) is 24.3 Å². The standard InChI is InChI=1S/C18H25ClN2O2/c1-18(2,3)23-17(22)21-16-10-15(16)20-14-8-12(9-14)11-5-4-6-13(19)7-11/h4-7,12,14-16,20H,8-10H2,1-3H3,(H,21,22). The highest BCUT2D eigenvalue weighted by Gasteiger charge is 2.42. The average Bonchev–Trinajstić information content (AvgIpc) is 3.08. The van der Waals surface area contributed by atoms with E-state index in [0.717, 1.165) is 24.3 Å². The molecule has 2 aliphatic rings. The summed E-state index contributed by atoms with van der Waals surface area (Å²) in [6.07, 6.45) is 2.93. The van der Waals surface area contributed by atoms with Crippen molar-refractivity contribution >= 4 is 17.7 Å². The van der Waals surface area contributed by atoms with Crippen molar-refractivity contribution in [2.75, 3.05) is 0 Å². The highest BCUT2D eigenvalue weighted by Crippen LogP contribution is 2.39. The molecular formula is C18H25ClN2O2. The normalized spacial score (nSPS) is 29.6. The van der Waals surface area contributed by atoms with Gasteiger partial charge in [-0.3, -0.25) is 0 Å². The Labute approximate surface area is 142 Å². The van der Waals surface area contributed by atoms with Crippen molar-refractivity contribution < 1.29 is 9.53 Å². The summed E-state index contributed by atoms with van der Waals surface area (Å²) in [6.45, 7) is 5.62. The number of hydrogen-bond acceptors (Lipinski definition) is 3. The van der Waals surface area contributed by atoms with Gasteiger partial charge in [0, 0.05) is 23.1 Å². The van der Waals surface area contributed by atoms with Gasteiger partial charge in [-0.25, -0.2) is 4.79 Å². The third-order valence-corrected chi connectivity index (χ3v) is 4.64. The van der Waals surface area contributed by atoms with Gasteiger partial charge in [-0.1, -0.05) is 23.7 Å². The quantitative estimate of drug-likeness (QED) is 0.878. The summed E-state index contributed by atoms with van der Waals surface area (Å²) in [5.41, 5.74) is 0.884. The van der Waals surface area contributed by atoms with Gasteiger partial charge in [0.05, 0.1) is 0 Å². The molecule has 0 heterocycles. The third-order valence-electron chi connectivity index (χ3n) is 4.40. The summed E-state index contributed by atoms with van der Waals surface area (Å²) in [6, 6.07) is 9.26. The summed E-state index contributed by atoms with van der Waals surface area (Å²) < 4.78 is 5.28. The molecule has 5 heteroatoms. The Morgan fingerprint density at radius 1 is 1.22 bits per heavy atom. The Hall–Kier alpha value is -1.26. The lowest BCUT2D eigenvalue weighted by atomic mass is 9.76. The number of carbonyl (C=O) groups excluding carboxylic acids is 1. The van der Waals surface area contributed by atoms with Crippen LogP contribution in [0.2, 0.25) is 5.02 Å². The number of alkyl carbamates (subject to hydrolysis) is 1. The van der Waals surface area contributed by atoms with Gasteiger partial charge in [-0.2, -0.15) is 0 Å². The fourth-order valence-corrected chi connectivity index (χ4v) is 3.29. The molecule has 1 aromatic carbocycles. The van der Waals surface area contributed by atoms with E-state index in [0.29, 0.717) is 18.0 Å². The predicted octanol–water partition coefficient (Wildman–Crippen LogP) is 3.84. The summed E-state index contributed by atoms with van der Waals surface area (Å²) in [7, 11) is 0. The number of ether oxygens (including phenoxy) is 1. The number of rotatable bonds is 4. The first kappa shape index (κ1) is 16.6. The van der Waals surface area contributed by atoms with Crippen molar-refractivity contribution in [1.29, 1.82) is 0 Å². The lowest BCUT2D eigenvalue weighted by molar-refractivity contribution is 0.0521. The van der Waals surface area contributed by atoms with Gasteiger partial charge in [-0.15, -0.1) is 0 Å². The minimum absolute atomic E-state index is 0.204. The lowest BCUT2D eigenvalue weighted by Gasteiger charge is -2.36. The van der Waals surface area contributed by atoms with E-state index in [-0.39, 0.29) is 12.1 Å². The fourth-order valence-electron chi connectivity index (χ4n) is 3.09. The molecule has 4 nitrogen and oxygen atoms in total. The van der Waals surface area contributed by atoms with Gasteiger partial charge in [0.25, 0.3) is 0 Å². The van der Waals surface area contributed by atoms with Crippen LogP contribution < -0.4 is 10.6 Å². The molecule has 3 rings (SSSR count). The molecule has 0 bridgehead atoms. The topological polar surface area (TPSA) is 50.4 Å². The van der Waals surface area contributed by atoms with E-state index < -0.39 is 5.60 Å². The van der Waals surface area contributed by atoms with E-state index in [9.17, 15) is 4.79 Å². The minimum Gasteiger partial charge on any atom is -0.444 e. The number of carbonyl (C=O) groups is 1. The lowest BCUT2D eigenvalue weighted by Crippen LogP contribution is -2.44. The van der Waals surface area contributed by atoms with Crippen molar-refractivity contribution in [1.82, 2.24) is 10.6 Å². The third kappa shape index (κ3) is 4.61. The summed E-state index contributed by atoms with van der Waals surface area (Å²) in [4.78, 5) is 11.7. The molecule has 23 heavy (non-hydrogen) atoms. The zero-order chi connectivity index (χ0) is 16.6. The molecule has 0 aliphatic heterocycles. The smallest absolute Gasteiger partial charge is 0.407 e. The molecule has 2 unspecified atom stereocenters. The second-order valence-corrected chi connectivity index (χ2v) is 8.12. The van der Waals surface area contributed by atoms with Crippen LogP contribution in [0.4, 0.5) is 4.79 Å². The van der Waals surface area contributed by atoms with Crippen molar-refractivity contribution in [3.05, 3.63) is 34.9 Å². The van der Waals surface area contributed by atoms with E-state index in [4.69, 9.17) is 16.3 Å². The maximum atomic E-state index is 11.7. The van der Waals surface area contributed by atoms with Gasteiger partial charge < -0.3 is 15.4 Å². The predicted molar refractivity (Wildman–Crippen MR) is 91.9 cm³/mol. The van der Waals surface area contributed by atoms with Crippen molar-refractivity contribution in [2.45, 2.75) is 69.7 Å². The van der Waals surface area contributed by atoms with Crippen LogP contribution in [-0.2, 0) is 4.74 Å². The Morgan fingerprint density at radius 3 is 2.61 bits per heavy atom. The van der Waals surface area contributed by atoms with Crippen LogP contribution in [-0.4, -0.2) is 29.8 Å². The van der Waals surface area contributed by atoms with Crippen molar-refractivity contribution in [3.8, 4) is 0 Å². The molecule has 1 aromatic rings. The minimum atomic E-state index is -0.444. The first-order valence-corrected chi connectivity index (χ1v) is 8.69. The van der Waals surface area contributed by atoms with Crippen LogP contribution in [0.5, 0.6) is 0 Å². The van der Waals surface area contributed by atoms with Gasteiger partial charge in [-0.05, 0) is 63.6 Å². The molecule has 126 valence electrons. The molecule has 0 saturated heterocycles. The van der Waals surface area contributed by atoms with E-state index in [1.54, 1.807) is 0 Å². The first-order valence-electron chi connectivity index (χ1n) is 8.31. The Balaban J connectivity index is 1.36. The van der Waals surface area contributed by atoms with E-state index in [1.807, 2.05) is 32.9 Å². The molecule has 2 fully saturated rings. The number of hydrogen-bond donors (Lipinski definition) is 2. The Kier molecular flexibility index (Phi) is 4.56. The first-order chi connectivity index (χ1) is 10.8. The van der Waals surface area contributed by atoms with Crippen LogP contribution >= 0.6 is 11.6 Å². The largest absolute Gasteiger partial charge is 0.444 e. The second-order valence-electron chi connectivity index (χ2n) is 7.68. The highest BCUT2D eigenvalue weighted by molar-refractivity contribution is 6.30. The SMILES string of the molecule is CC(C)(C)OC(=O)NC1CC1NC1CC(c2cccc(Cl)c2)C1. The van der Waals surface area contributed by atoms with Gasteiger partial charge >= 0.3 is 6.09 Å². The Bertz CT molecular complexity index is 579. The Morgan fingerprint density at radius 2 is 1.96 bits per heavy atom. The summed E-state index contributed by atoms with van der Waals surface area (Å²) >= 11 is 6.05. The molecular weight excluding hydrogens is 312 g/mol. The molecule has 2 N–H and O–H groups in total. The van der Waals surface area contributed by atoms with Gasteiger partial charge in [0.2, 0.25) is 0 Å². The average molecular weight is 337 g/mol. The van der Waals surface area contributed by atoms with Crippen LogP contribution in [0.3, 0.4) is 0 Å². The van der Waals surface area contributed by atoms with Gasteiger partial charge in [0.1, 0.15) is 5.60 Å². The zero-order valence-electron chi connectivity index (χ0n) is 13.9. The van der Waals surface area contributed by atoms with Gasteiger partial charge in [0.15, 0.2) is 0 Å². The van der Waals surface area contributed by atoms with Crippen molar-refractivity contribution in [3.63, 3.8) is 0 Å². The number of benzene rings is 1. The second kappa shape index (κ2) is 6.33. The van der Waals surface area contributed by atoms with E-state index in [2.05, 4.69) is 22.8 Å². The zero-order valence-corrected chi connectivity index (χ0v) is 14.7.